The summed E-state index contributed by atoms with van der Waals surface area (Å²) in [6.07, 6.45) is 7.90. The van der Waals surface area contributed by atoms with Crippen molar-refractivity contribution >= 4 is 17.3 Å². The first-order valence-corrected chi connectivity index (χ1v) is 12.7. The largest absolute Gasteiger partial charge is 0.379 e. The number of methoxy groups -OCH3 is 1. The van der Waals surface area contributed by atoms with Crippen molar-refractivity contribution in [2.45, 2.75) is 32.1 Å². The van der Waals surface area contributed by atoms with E-state index in [1.165, 1.54) is 44.4 Å². The topological polar surface area (TPSA) is 83.9 Å². The van der Waals surface area contributed by atoms with Crippen LogP contribution in [0.5, 0.6) is 0 Å². The normalized spacial score (nSPS) is 17.9. The van der Waals surface area contributed by atoms with Crippen molar-refractivity contribution in [1.82, 2.24) is 20.2 Å². The number of hydrogen-bond donors (Lipinski definition) is 2. The summed E-state index contributed by atoms with van der Waals surface area (Å²) in [5.74, 6) is 1.63. The number of anilines is 1. The monoisotopic (exact) mass is 484 g/mol. The highest BCUT2D eigenvalue weighted by atomic mass is 19.1. The maximum Gasteiger partial charge on any atom is 0.212 e. The van der Waals surface area contributed by atoms with Gasteiger partial charge in [-0.2, -0.15) is 4.39 Å². The van der Waals surface area contributed by atoms with E-state index >= 15 is 0 Å². The van der Waals surface area contributed by atoms with Crippen LogP contribution in [0.4, 0.5) is 15.9 Å². The molecule has 0 atom stereocenters. The van der Waals surface area contributed by atoms with Gasteiger partial charge in [0, 0.05) is 51.6 Å². The van der Waals surface area contributed by atoms with Gasteiger partial charge in [0.25, 0.3) is 0 Å². The maximum absolute atomic E-state index is 13.3. The van der Waals surface area contributed by atoms with E-state index in [1.54, 1.807) is 13.2 Å². The molecule has 0 radical (unpaired) electrons. The molecule has 1 aliphatic carbocycles. The van der Waals surface area contributed by atoms with Crippen molar-refractivity contribution in [3.63, 3.8) is 0 Å². The second kappa shape index (κ2) is 13.5. The molecule has 4 rings (SSSR count). The van der Waals surface area contributed by atoms with Gasteiger partial charge in [-0.25, -0.2) is 15.0 Å². The molecule has 9 heteroatoms. The van der Waals surface area contributed by atoms with E-state index < -0.39 is 5.95 Å². The standard InChI is InChI=1S/C26H37FN6O2/c1-34-19-25(28-11-12-33-13-15-35-16-14-33)31-23-9-8-22(21-7-10-24(27)29-18-21)32-26(23)30-17-20-5-3-2-4-6-20/h7-10,18,20H,2-6,11-17,19H2,1H3,(H,28,31)(H,30,32). The number of rotatable bonds is 10. The van der Waals surface area contributed by atoms with Crippen LogP contribution in [0.15, 0.2) is 35.5 Å². The number of morpholine rings is 1. The van der Waals surface area contributed by atoms with E-state index in [-0.39, 0.29) is 0 Å². The molecule has 2 N–H and O–H groups in total. The minimum Gasteiger partial charge on any atom is -0.379 e. The molecule has 0 spiro atoms. The lowest BCUT2D eigenvalue weighted by Crippen LogP contribution is -2.41. The number of ether oxygens (including phenoxy) is 2. The number of nitrogens with zero attached hydrogens (tertiary/aromatic N) is 4. The molecule has 0 aromatic carbocycles. The Bertz CT molecular complexity index is 943. The van der Waals surface area contributed by atoms with Crippen LogP contribution in [0, 0.1) is 11.9 Å². The van der Waals surface area contributed by atoms with Gasteiger partial charge in [0.05, 0.1) is 18.9 Å². The lowest BCUT2D eigenvalue weighted by Gasteiger charge is -2.26. The molecule has 8 nitrogen and oxygen atoms in total. The molecule has 3 heterocycles. The molecule has 35 heavy (non-hydrogen) atoms. The Labute approximate surface area is 207 Å². The number of amidine groups is 1. The fourth-order valence-corrected chi connectivity index (χ4v) is 4.58. The van der Waals surface area contributed by atoms with E-state index in [2.05, 4.69) is 20.5 Å². The SMILES string of the molecule is COC/C(=N\c1ccc(-c2ccc(F)nc2)nc1NCC1CCCCC1)NCCN1CCOCC1. The highest BCUT2D eigenvalue weighted by molar-refractivity contribution is 5.87. The van der Waals surface area contributed by atoms with Crippen LogP contribution < -0.4 is 10.6 Å². The van der Waals surface area contributed by atoms with E-state index in [0.29, 0.717) is 12.5 Å². The summed E-state index contributed by atoms with van der Waals surface area (Å²) in [7, 11) is 1.67. The summed E-state index contributed by atoms with van der Waals surface area (Å²) in [6, 6.07) is 6.90. The summed E-state index contributed by atoms with van der Waals surface area (Å²) in [4.78, 5) is 15.9. The molecule has 2 aromatic heterocycles. The molecule has 2 aromatic rings. The van der Waals surface area contributed by atoms with Gasteiger partial charge in [0.15, 0.2) is 5.82 Å². The minimum absolute atomic E-state index is 0.384. The molecular weight excluding hydrogens is 447 g/mol. The average molecular weight is 485 g/mol. The van der Waals surface area contributed by atoms with Gasteiger partial charge in [-0.1, -0.05) is 19.3 Å². The third kappa shape index (κ3) is 7.95. The van der Waals surface area contributed by atoms with Crippen LogP contribution in [-0.2, 0) is 9.47 Å². The molecular formula is C26H37FN6O2. The van der Waals surface area contributed by atoms with Crippen molar-refractivity contribution in [3.8, 4) is 11.3 Å². The van der Waals surface area contributed by atoms with Crippen LogP contribution in [0.2, 0.25) is 0 Å². The molecule has 1 saturated carbocycles. The second-order valence-corrected chi connectivity index (χ2v) is 9.19. The van der Waals surface area contributed by atoms with Gasteiger partial charge < -0.3 is 20.1 Å². The van der Waals surface area contributed by atoms with Crippen LogP contribution in [0.25, 0.3) is 11.3 Å². The highest BCUT2D eigenvalue weighted by Crippen LogP contribution is 2.29. The summed E-state index contributed by atoms with van der Waals surface area (Å²) < 4.78 is 24.2. The molecule has 190 valence electrons. The smallest absolute Gasteiger partial charge is 0.212 e. The van der Waals surface area contributed by atoms with Crippen LogP contribution >= 0.6 is 0 Å². The fourth-order valence-electron chi connectivity index (χ4n) is 4.58. The fraction of sp³-hybridized carbons (Fsp3) is 0.577. The van der Waals surface area contributed by atoms with Crippen molar-refractivity contribution in [2.24, 2.45) is 10.9 Å². The van der Waals surface area contributed by atoms with E-state index in [0.717, 1.165) is 74.5 Å². The number of aliphatic imine (C=N–C) groups is 1. The van der Waals surface area contributed by atoms with Gasteiger partial charge in [-0.05, 0) is 43.0 Å². The Kier molecular flexibility index (Phi) is 9.80. The summed E-state index contributed by atoms with van der Waals surface area (Å²) in [6.45, 7) is 6.44. The van der Waals surface area contributed by atoms with Gasteiger partial charge in [0.2, 0.25) is 5.95 Å². The lowest BCUT2D eigenvalue weighted by molar-refractivity contribution is 0.0389. The van der Waals surface area contributed by atoms with E-state index in [4.69, 9.17) is 19.5 Å². The first kappa shape index (κ1) is 25.5. The minimum atomic E-state index is -0.502. The molecule has 0 unspecified atom stereocenters. The molecule has 2 fully saturated rings. The van der Waals surface area contributed by atoms with Crippen LogP contribution in [0.1, 0.15) is 32.1 Å². The van der Waals surface area contributed by atoms with Crippen molar-refractivity contribution in [3.05, 3.63) is 36.4 Å². The molecule has 1 aliphatic heterocycles. The Balaban J connectivity index is 1.50. The Morgan fingerprint density at radius 2 is 2.00 bits per heavy atom. The van der Waals surface area contributed by atoms with Gasteiger partial charge in [0.1, 0.15) is 18.1 Å². The zero-order valence-electron chi connectivity index (χ0n) is 20.6. The number of pyridine rings is 2. The molecule has 0 amide bonds. The van der Waals surface area contributed by atoms with Crippen molar-refractivity contribution < 1.29 is 13.9 Å². The lowest BCUT2D eigenvalue weighted by atomic mass is 9.89. The van der Waals surface area contributed by atoms with Gasteiger partial charge >= 0.3 is 0 Å². The summed E-state index contributed by atoms with van der Waals surface area (Å²) in [5, 5.41) is 6.99. The van der Waals surface area contributed by atoms with Gasteiger partial charge in [-0.3, -0.25) is 4.90 Å². The second-order valence-electron chi connectivity index (χ2n) is 9.19. The Morgan fingerprint density at radius 1 is 1.17 bits per heavy atom. The van der Waals surface area contributed by atoms with Crippen LogP contribution in [0.3, 0.4) is 0 Å². The molecule has 1 saturated heterocycles. The van der Waals surface area contributed by atoms with Gasteiger partial charge in [-0.15, -0.1) is 0 Å². The summed E-state index contributed by atoms with van der Waals surface area (Å²) >= 11 is 0. The first-order chi connectivity index (χ1) is 17.2. The third-order valence-electron chi connectivity index (χ3n) is 6.58. The number of hydrogen-bond acceptors (Lipinski definition) is 7. The maximum atomic E-state index is 13.3. The van der Waals surface area contributed by atoms with Crippen LogP contribution in [-0.4, -0.2) is 80.4 Å². The molecule has 2 aliphatic rings. The number of nitrogens with one attached hydrogen (secondary N) is 2. The van der Waals surface area contributed by atoms with E-state index in [9.17, 15) is 4.39 Å². The number of aromatic nitrogens is 2. The zero-order valence-corrected chi connectivity index (χ0v) is 20.6. The Hall–Kier alpha value is -2.62. The van der Waals surface area contributed by atoms with Crippen molar-refractivity contribution in [2.75, 3.05) is 65.0 Å². The highest BCUT2D eigenvalue weighted by Gasteiger charge is 2.16. The zero-order chi connectivity index (χ0) is 24.3. The third-order valence-corrected chi connectivity index (χ3v) is 6.58. The predicted molar refractivity (Wildman–Crippen MR) is 137 cm³/mol. The summed E-state index contributed by atoms with van der Waals surface area (Å²) in [5.41, 5.74) is 2.25. The van der Waals surface area contributed by atoms with E-state index in [1.807, 2.05) is 12.1 Å². The Morgan fingerprint density at radius 3 is 2.74 bits per heavy atom. The predicted octanol–water partition coefficient (Wildman–Crippen LogP) is 3.87. The van der Waals surface area contributed by atoms with Crippen molar-refractivity contribution in [1.29, 1.82) is 0 Å². The quantitative estimate of drug-likeness (QED) is 0.301. The molecule has 0 bridgehead atoms. The average Bonchev–Trinajstić information content (AvgIpc) is 2.90. The first-order valence-electron chi connectivity index (χ1n) is 12.7. The number of halogens is 1.